The van der Waals surface area contributed by atoms with Gasteiger partial charge < -0.3 is 4.74 Å². The molecule has 0 aromatic heterocycles. The van der Waals surface area contributed by atoms with E-state index in [-0.39, 0.29) is 40.9 Å². The number of hydrogen-bond donors (Lipinski definition) is 0. The normalized spacial score (nSPS) is 42.6. The molecule has 4 aliphatic rings. The molecule has 0 radical (unpaired) electrons. The summed E-state index contributed by atoms with van der Waals surface area (Å²) in [5.74, 6) is 1.48. The first-order valence-corrected chi connectivity index (χ1v) is 10.3. The molecule has 0 heterocycles. The summed E-state index contributed by atoms with van der Waals surface area (Å²) in [6.45, 7) is 5.89. The lowest BCUT2D eigenvalue weighted by Gasteiger charge is -2.55. The zero-order valence-electron chi connectivity index (χ0n) is 16.6. The van der Waals surface area contributed by atoms with Crippen molar-refractivity contribution in [2.75, 3.05) is 6.61 Å². The third-order valence-electron chi connectivity index (χ3n) is 8.32. The molecule has 0 aromatic rings. The van der Waals surface area contributed by atoms with Crippen LogP contribution in [0.25, 0.3) is 0 Å². The number of esters is 1. The molecule has 0 aromatic carbocycles. The van der Waals surface area contributed by atoms with Gasteiger partial charge in [0, 0.05) is 19.3 Å². The van der Waals surface area contributed by atoms with Gasteiger partial charge in [0.2, 0.25) is 0 Å². The topological polar surface area (TPSA) is 60.4 Å². The fraction of sp³-hybridized carbons (Fsp3) is 0.696. The van der Waals surface area contributed by atoms with Crippen LogP contribution in [0.2, 0.25) is 0 Å². The molecule has 0 saturated heterocycles. The van der Waals surface area contributed by atoms with E-state index in [2.05, 4.69) is 26.0 Å². The van der Waals surface area contributed by atoms with E-state index in [1.807, 2.05) is 6.08 Å². The number of allylic oxidation sites excluding steroid dienone is 4. The fourth-order valence-electron chi connectivity index (χ4n) is 6.80. The highest BCUT2D eigenvalue weighted by Gasteiger charge is 2.59. The van der Waals surface area contributed by atoms with Gasteiger partial charge in [-0.15, -0.1) is 0 Å². The highest BCUT2D eigenvalue weighted by molar-refractivity contribution is 5.92. The summed E-state index contributed by atoms with van der Waals surface area (Å²) in [5, 5.41) is 0. The molecule has 4 aliphatic carbocycles. The number of ether oxygens (including phenoxy) is 1. The summed E-state index contributed by atoms with van der Waals surface area (Å²) in [6.07, 6.45) is 12.1. The second kappa shape index (κ2) is 6.42. The van der Waals surface area contributed by atoms with Crippen LogP contribution in [0.4, 0.5) is 0 Å². The van der Waals surface area contributed by atoms with Crippen molar-refractivity contribution < 1.29 is 19.1 Å². The molecule has 0 N–H and O–H groups in total. The molecule has 27 heavy (non-hydrogen) atoms. The Morgan fingerprint density at radius 3 is 2.67 bits per heavy atom. The quantitative estimate of drug-likeness (QED) is 0.704. The Labute approximate surface area is 161 Å². The third-order valence-corrected chi connectivity index (χ3v) is 8.32. The van der Waals surface area contributed by atoms with Gasteiger partial charge >= 0.3 is 5.97 Å². The van der Waals surface area contributed by atoms with Crippen LogP contribution in [0.5, 0.6) is 0 Å². The Kier molecular flexibility index (Phi) is 4.44. The van der Waals surface area contributed by atoms with Gasteiger partial charge in [-0.25, -0.2) is 0 Å². The number of Topliss-reactive ketones (excluding diaryl/α,β-unsaturated/α-hetero) is 1. The molecule has 6 atom stereocenters. The van der Waals surface area contributed by atoms with Crippen molar-refractivity contribution in [1.29, 1.82) is 0 Å². The zero-order chi connectivity index (χ0) is 19.4. The Hall–Kier alpha value is -1.71. The molecule has 146 valence electrons. The van der Waals surface area contributed by atoms with Gasteiger partial charge in [-0.2, -0.15) is 0 Å². The monoisotopic (exact) mass is 370 g/mol. The smallest absolute Gasteiger partial charge is 0.303 e. The van der Waals surface area contributed by atoms with Gasteiger partial charge in [-0.1, -0.05) is 26.0 Å². The predicted molar refractivity (Wildman–Crippen MR) is 102 cm³/mol. The van der Waals surface area contributed by atoms with Crippen LogP contribution in [0.15, 0.2) is 23.8 Å². The van der Waals surface area contributed by atoms with Crippen molar-refractivity contribution in [1.82, 2.24) is 0 Å². The lowest BCUT2D eigenvalue weighted by Crippen LogP contribution is -2.49. The maximum atomic E-state index is 12.8. The van der Waals surface area contributed by atoms with E-state index in [4.69, 9.17) is 4.74 Å². The van der Waals surface area contributed by atoms with E-state index in [1.165, 1.54) is 12.5 Å². The number of fused-ring (bicyclic) bond motifs is 5. The van der Waals surface area contributed by atoms with Crippen LogP contribution in [0.1, 0.15) is 59.3 Å². The van der Waals surface area contributed by atoms with E-state index < -0.39 is 0 Å². The van der Waals surface area contributed by atoms with E-state index in [0.717, 1.165) is 32.1 Å². The van der Waals surface area contributed by atoms with Gasteiger partial charge in [0.25, 0.3) is 0 Å². The number of ketones is 2. The molecular weight excluding hydrogens is 340 g/mol. The second-order valence-corrected chi connectivity index (χ2v) is 9.55. The SMILES string of the molecule is CC(=O)OCC(=O)C1CCC2C3C=CC4=CC(=O)CCC4(C)C3CCC12C. The van der Waals surface area contributed by atoms with Gasteiger partial charge in [0.15, 0.2) is 11.6 Å². The average Bonchev–Trinajstić information content (AvgIpc) is 2.97. The maximum absolute atomic E-state index is 12.8. The van der Waals surface area contributed by atoms with Crippen LogP contribution < -0.4 is 0 Å². The summed E-state index contributed by atoms with van der Waals surface area (Å²) < 4.78 is 5.00. The lowest BCUT2D eigenvalue weighted by atomic mass is 9.48. The molecule has 2 fully saturated rings. The summed E-state index contributed by atoms with van der Waals surface area (Å²) in [7, 11) is 0. The lowest BCUT2D eigenvalue weighted by molar-refractivity contribution is -0.148. The highest BCUT2D eigenvalue weighted by Crippen LogP contribution is 2.65. The molecule has 6 unspecified atom stereocenters. The molecule has 0 amide bonds. The molecule has 4 nitrogen and oxygen atoms in total. The Bertz CT molecular complexity index is 747. The van der Waals surface area contributed by atoms with Crippen molar-refractivity contribution in [3.63, 3.8) is 0 Å². The zero-order valence-corrected chi connectivity index (χ0v) is 16.6. The minimum absolute atomic E-state index is 0.00567. The first kappa shape index (κ1) is 18.6. The van der Waals surface area contributed by atoms with Crippen molar-refractivity contribution in [2.45, 2.75) is 59.3 Å². The van der Waals surface area contributed by atoms with E-state index in [1.54, 1.807) is 0 Å². The van der Waals surface area contributed by atoms with Crippen LogP contribution >= 0.6 is 0 Å². The van der Waals surface area contributed by atoms with Crippen LogP contribution in [0.3, 0.4) is 0 Å². The summed E-state index contributed by atoms with van der Waals surface area (Å²) >= 11 is 0. The van der Waals surface area contributed by atoms with Crippen LogP contribution in [-0.2, 0) is 19.1 Å². The minimum Gasteiger partial charge on any atom is -0.458 e. The molecule has 4 heteroatoms. The van der Waals surface area contributed by atoms with Crippen LogP contribution in [0, 0.1) is 34.5 Å². The Morgan fingerprint density at radius 2 is 1.93 bits per heavy atom. The molecule has 0 bridgehead atoms. The summed E-state index contributed by atoms with van der Waals surface area (Å²) in [6, 6.07) is 0. The number of carbonyl (C=O) groups is 3. The van der Waals surface area contributed by atoms with Gasteiger partial charge in [-0.3, -0.25) is 14.4 Å². The fourth-order valence-corrected chi connectivity index (χ4v) is 6.80. The van der Waals surface area contributed by atoms with Crippen molar-refractivity contribution in [3.8, 4) is 0 Å². The average molecular weight is 370 g/mol. The summed E-state index contributed by atoms with van der Waals surface area (Å²) in [5.41, 5.74) is 1.29. The minimum atomic E-state index is -0.388. The standard InChI is InChI=1S/C23H30O4/c1-14(24)27-13-21(26)20-7-6-18-17-5-4-15-12-16(25)8-10-22(15,2)19(17)9-11-23(18,20)3/h4-5,12,17-20H,6-11,13H2,1-3H3. The van der Waals surface area contributed by atoms with Crippen LogP contribution in [-0.4, -0.2) is 24.1 Å². The molecule has 2 saturated carbocycles. The Morgan fingerprint density at radius 1 is 1.15 bits per heavy atom. The molecular formula is C23H30O4. The maximum Gasteiger partial charge on any atom is 0.303 e. The van der Waals surface area contributed by atoms with Crippen molar-refractivity contribution >= 4 is 17.5 Å². The van der Waals surface area contributed by atoms with E-state index >= 15 is 0 Å². The summed E-state index contributed by atoms with van der Waals surface area (Å²) in [4.78, 5) is 35.7. The van der Waals surface area contributed by atoms with Gasteiger partial charge in [0.05, 0.1) is 0 Å². The number of carbonyl (C=O) groups excluding carboxylic acids is 3. The van der Waals surface area contributed by atoms with Crippen molar-refractivity contribution in [2.24, 2.45) is 34.5 Å². The number of hydrogen-bond acceptors (Lipinski definition) is 4. The van der Waals surface area contributed by atoms with Gasteiger partial charge in [0.1, 0.15) is 6.61 Å². The molecule has 4 rings (SSSR count). The van der Waals surface area contributed by atoms with Crippen molar-refractivity contribution in [3.05, 3.63) is 23.8 Å². The first-order valence-electron chi connectivity index (χ1n) is 10.3. The second-order valence-electron chi connectivity index (χ2n) is 9.55. The third kappa shape index (κ3) is 2.83. The van der Waals surface area contributed by atoms with E-state index in [9.17, 15) is 14.4 Å². The van der Waals surface area contributed by atoms with E-state index in [0.29, 0.717) is 24.2 Å². The molecule has 0 aliphatic heterocycles. The molecule has 0 spiro atoms. The predicted octanol–water partition coefficient (Wildman–Crippen LogP) is 4.04. The Balaban J connectivity index is 1.59. The first-order chi connectivity index (χ1) is 12.8. The van der Waals surface area contributed by atoms with Gasteiger partial charge in [-0.05, 0) is 72.3 Å². The largest absolute Gasteiger partial charge is 0.458 e. The number of rotatable bonds is 3. The highest BCUT2D eigenvalue weighted by atomic mass is 16.5.